The van der Waals surface area contributed by atoms with Crippen LogP contribution in [0.2, 0.25) is 0 Å². The number of allylic oxidation sites excluding steroid dienone is 1. The van der Waals surface area contributed by atoms with Gasteiger partial charge in [0.05, 0.1) is 23.6 Å². The van der Waals surface area contributed by atoms with E-state index >= 15 is 0 Å². The zero-order chi connectivity index (χ0) is 20.3. The lowest BCUT2D eigenvalue weighted by Crippen LogP contribution is -2.38. The normalized spacial score (nSPS) is 19.3. The number of para-hydroxylation sites is 1. The molecule has 0 aliphatic carbocycles. The molecule has 9 heteroatoms. The molecule has 2 atom stereocenters. The number of carbonyl (C=O) groups excluding carboxylic acids is 1. The Hall–Kier alpha value is -3.75. The van der Waals surface area contributed by atoms with Gasteiger partial charge in [-0.1, -0.05) is 24.3 Å². The first-order chi connectivity index (χ1) is 13.4. The van der Waals surface area contributed by atoms with E-state index in [1.54, 1.807) is 49.5 Å². The summed E-state index contributed by atoms with van der Waals surface area (Å²) in [4.78, 5) is 31.4. The summed E-state index contributed by atoms with van der Waals surface area (Å²) in [6, 6.07) is 8.33. The second-order valence-electron chi connectivity index (χ2n) is 6.03. The minimum atomic E-state index is -1.49. The van der Waals surface area contributed by atoms with Gasteiger partial charge in [-0.2, -0.15) is 0 Å². The highest BCUT2D eigenvalue weighted by Crippen LogP contribution is 2.33. The summed E-state index contributed by atoms with van der Waals surface area (Å²) in [7, 11) is 1.42. The van der Waals surface area contributed by atoms with Crippen LogP contribution in [-0.4, -0.2) is 34.9 Å². The molecule has 0 amide bonds. The molecule has 0 saturated carbocycles. The molecule has 28 heavy (non-hydrogen) atoms. The van der Waals surface area contributed by atoms with Crippen LogP contribution in [0.4, 0.5) is 5.69 Å². The molecule has 0 spiro atoms. The van der Waals surface area contributed by atoms with Crippen LogP contribution in [0.3, 0.4) is 0 Å². The SMILES string of the molecule is COC(C)=C(C1=N[C@@H](C(=O)[O-])c2ccccc2NC1[N+](=O)[O-])c1cccnc1. The minimum absolute atomic E-state index is 0.0808. The van der Waals surface area contributed by atoms with Crippen LogP contribution in [-0.2, 0) is 9.53 Å². The summed E-state index contributed by atoms with van der Waals surface area (Å²) >= 11 is 0. The number of carbonyl (C=O) groups is 1. The van der Waals surface area contributed by atoms with E-state index in [9.17, 15) is 20.0 Å². The van der Waals surface area contributed by atoms with Gasteiger partial charge in [0, 0.05) is 29.2 Å². The van der Waals surface area contributed by atoms with Crippen molar-refractivity contribution in [2.45, 2.75) is 19.1 Å². The Balaban J connectivity index is 2.29. The molecule has 1 N–H and O–H groups in total. The number of benzene rings is 1. The topological polar surface area (TPSA) is 130 Å². The van der Waals surface area contributed by atoms with Crippen LogP contribution >= 0.6 is 0 Å². The lowest BCUT2D eigenvalue weighted by Gasteiger charge is -2.18. The van der Waals surface area contributed by atoms with Crippen molar-refractivity contribution in [2.75, 3.05) is 12.4 Å². The van der Waals surface area contributed by atoms with Crippen molar-refractivity contribution < 1.29 is 19.6 Å². The maximum Gasteiger partial charge on any atom is 0.327 e. The fourth-order valence-corrected chi connectivity index (χ4v) is 3.04. The summed E-state index contributed by atoms with van der Waals surface area (Å²) in [6.45, 7) is 1.62. The lowest BCUT2D eigenvalue weighted by molar-refractivity contribution is -0.495. The summed E-state index contributed by atoms with van der Waals surface area (Å²) in [5, 5.41) is 26.5. The molecule has 1 aromatic carbocycles. The molecular formula is C19H17N4O5-. The maximum absolute atomic E-state index is 11.9. The molecule has 1 aliphatic rings. The van der Waals surface area contributed by atoms with Gasteiger partial charge in [-0.3, -0.25) is 20.1 Å². The smallest absolute Gasteiger partial charge is 0.327 e. The van der Waals surface area contributed by atoms with Crippen LogP contribution in [0.5, 0.6) is 0 Å². The van der Waals surface area contributed by atoms with Crippen molar-refractivity contribution in [3.63, 3.8) is 0 Å². The maximum atomic E-state index is 11.9. The van der Waals surface area contributed by atoms with Crippen LogP contribution in [0.1, 0.15) is 24.1 Å². The monoisotopic (exact) mass is 381 g/mol. The average molecular weight is 381 g/mol. The summed E-state index contributed by atoms with van der Waals surface area (Å²) in [5.41, 5.74) is 1.31. The number of carboxylic acid groups (broad SMARTS) is 1. The summed E-state index contributed by atoms with van der Waals surface area (Å²) in [6.07, 6.45) is 1.57. The minimum Gasteiger partial charge on any atom is -0.547 e. The number of aromatic nitrogens is 1. The first kappa shape index (κ1) is 19.0. The van der Waals surface area contributed by atoms with Crippen LogP contribution < -0.4 is 10.4 Å². The first-order valence-corrected chi connectivity index (χ1v) is 8.37. The Kier molecular flexibility index (Phi) is 5.35. The van der Waals surface area contributed by atoms with Gasteiger partial charge in [0.2, 0.25) is 0 Å². The number of aliphatic imine (C=N–C) groups is 1. The molecule has 0 saturated heterocycles. The van der Waals surface area contributed by atoms with Crippen molar-refractivity contribution >= 4 is 22.9 Å². The number of nitro groups is 1. The molecule has 1 aliphatic heterocycles. The van der Waals surface area contributed by atoms with E-state index in [1.165, 1.54) is 13.3 Å². The molecule has 1 unspecified atom stereocenters. The van der Waals surface area contributed by atoms with Gasteiger partial charge in [-0.15, -0.1) is 0 Å². The molecule has 0 fully saturated rings. The van der Waals surface area contributed by atoms with E-state index in [1.807, 2.05) is 0 Å². The number of rotatable bonds is 5. The van der Waals surface area contributed by atoms with Gasteiger partial charge in [-0.25, -0.2) is 0 Å². The van der Waals surface area contributed by atoms with E-state index in [2.05, 4.69) is 15.3 Å². The quantitative estimate of drug-likeness (QED) is 0.471. The molecule has 1 aromatic heterocycles. The Bertz CT molecular complexity index is 971. The fraction of sp³-hybridized carbons (Fsp3) is 0.211. The number of hydrogen-bond donors (Lipinski definition) is 1. The highest BCUT2D eigenvalue weighted by Gasteiger charge is 2.37. The molecule has 2 heterocycles. The third-order valence-electron chi connectivity index (χ3n) is 4.37. The van der Waals surface area contributed by atoms with Gasteiger partial charge >= 0.3 is 6.17 Å². The predicted molar refractivity (Wildman–Crippen MR) is 99.9 cm³/mol. The molecule has 144 valence electrons. The van der Waals surface area contributed by atoms with E-state index in [0.29, 0.717) is 22.6 Å². The molecule has 0 bridgehead atoms. The number of ether oxygens (including phenoxy) is 1. The largest absolute Gasteiger partial charge is 0.547 e. The zero-order valence-electron chi connectivity index (χ0n) is 15.2. The standard InChI is InChI=1S/C19H18N4O5/c1-11(28-2)15(12-6-5-9-20-10-12)17-18(23(26)27)21-14-8-4-3-7-13(14)16(22-17)19(24)25/h3-10,16,18,21H,1-2H3,(H,24,25)/p-1/t16-,18?/m1/s1. The van der Waals surface area contributed by atoms with Crippen LogP contribution in [0.15, 0.2) is 59.5 Å². The van der Waals surface area contributed by atoms with Gasteiger partial charge in [-0.05, 0) is 19.1 Å². The summed E-state index contributed by atoms with van der Waals surface area (Å²) < 4.78 is 5.32. The Morgan fingerprint density at radius 3 is 2.61 bits per heavy atom. The predicted octanol–water partition coefficient (Wildman–Crippen LogP) is 1.42. The van der Waals surface area contributed by atoms with Crippen LogP contribution in [0, 0.1) is 10.1 Å². The number of hydrogen-bond acceptors (Lipinski definition) is 8. The lowest BCUT2D eigenvalue weighted by atomic mass is 9.99. The number of fused-ring (bicyclic) bond motifs is 1. The second kappa shape index (κ2) is 7.87. The van der Waals surface area contributed by atoms with Crippen molar-refractivity contribution in [1.82, 2.24) is 4.98 Å². The Labute approximate surface area is 160 Å². The third kappa shape index (κ3) is 3.54. The van der Waals surface area contributed by atoms with Gasteiger partial charge in [0.25, 0.3) is 0 Å². The highest BCUT2D eigenvalue weighted by molar-refractivity contribution is 6.27. The molecular weight excluding hydrogens is 364 g/mol. The number of carboxylic acids is 1. The zero-order valence-corrected chi connectivity index (χ0v) is 15.2. The van der Waals surface area contributed by atoms with Gasteiger partial charge < -0.3 is 20.0 Å². The van der Waals surface area contributed by atoms with E-state index < -0.39 is 23.1 Å². The molecule has 9 nitrogen and oxygen atoms in total. The fourth-order valence-electron chi connectivity index (χ4n) is 3.04. The first-order valence-electron chi connectivity index (χ1n) is 8.37. The highest BCUT2D eigenvalue weighted by atomic mass is 16.6. The number of aliphatic carboxylic acids is 1. The number of methoxy groups -OCH3 is 1. The van der Waals surface area contributed by atoms with Crippen molar-refractivity contribution in [3.05, 3.63) is 75.8 Å². The number of pyridine rings is 1. The third-order valence-corrected chi connectivity index (χ3v) is 4.37. The number of nitrogens with zero attached hydrogens (tertiary/aromatic N) is 3. The number of nitrogens with one attached hydrogen (secondary N) is 1. The van der Waals surface area contributed by atoms with Gasteiger partial charge in [0.15, 0.2) is 0 Å². The van der Waals surface area contributed by atoms with Crippen molar-refractivity contribution in [1.29, 1.82) is 0 Å². The Morgan fingerprint density at radius 1 is 1.25 bits per heavy atom. The number of anilines is 1. The van der Waals surface area contributed by atoms with E-state index in [0.717, 1.165) is 0 Å². The molecule has 3 rings (SSSR count). The van der Waals surface area contributed by atoms with E-state index in [-0.39, 0.29) is 11.3 Å². The van der Waals surface area contributed by atoms with E-state index in [4.69, 9.17) is 4.74 Å². The second-order valence-corrected chi connectivity index (χ2v) is 6.03. The molecule has 2 aromatic rings. The molecule has 0 radical (unpaired) electrons. The van der Waals surface area contributed by atoms with Crippen molar-refractivity contribution in [3.8, 4) is 0 Å². The van der Waals surface area contributed by atoms with Crippen molar-refractivity contribution in [2.24, 2.45) is 4.99 Å². The van der Waals surface area contributed by atoms with Gasteiger partial charge in [0.1, 0.15) is 17.5 Å². The average Bonchev–Trinajstić information content (AvgIpc) is 2.86. The van der Waals surface area contributed by atoms with Crippen LogP contribution in [0.25, 0.3) is 5.57 Å². The summed E-state index contributed by atoms with van der Waals surface area (Å²) in [5.74, 6) is -1.13. The Morgan fingerprint density at radius 2 is 2.00 bits per heavy atom.